The van der Waals surface area contributed by atoms with Gasteiger partial charge in [-0.15, -0.1) is 0 Å². The largest absolute Gasteiger partial charge is 0.481 e. The van der Waals surface area contributed by atoms with Crippen LogP contribution < -0.4 is 0 Å². The Labute approximate surface area is 121 Å². The zero-order valence-corrected chi connectivity index (χ0v) is 11.5. The van der Waals surface area contributed by atoms with Gasteiger partial charge in [-0.1, -0.05) is 12.1 Å². The normalized spacial score (nSPS) is 28.5. The second-order valence-corrected chi connectivity index (χ2v) is 5.94. The zero-order chi connectivity index (χ0) is 15.0. The minimum Gasteiger partial charge on any atom is -0.481 e. The molecule has 3 rings (SSSR count). The highest BCUT2D eigenvalue weighted by molar-refractivity contribution is 5.76. The summed E-state index contributed by atoms with van der Waals surface area (Å²) in [5, 5.41) is 20.4. The Morgan fingerprint density at radius 3 is 2.57 bits per heavy atom. The van der Waals surface area contributed by atoms with E-state index in [-0.39, 0.29) is 11.8 Å². The molecule has 0 aromatic heterocycles. The highest BCUT2D eigenvalue weighted by Gasteiger charge is 2.55. The number of carboxylic acid groups (broad SMARTS) is 1. The van der Waals surface area contributed by atoms with E-state index < -0.39 is 16.3 Å². The van der Waals surface area contributed by atoms with Gasteiger partial charge in [0.15, 0.2) is 0 Å². The van der Waals surface area contributed by atoms with Crippen LogP contribution in [-0.2, 0) is 16.0 Å². The number of nitro benzene ring substituents is 1. The van der Waals surface area contributed by atoms with Gasteiger partial charge in [0.05, 0.1) is 11.0 Å². The number of aliphatic carboxylic acids is 1. The number of ether oxygens (including phenoxy) is 1. The van der Waals surface area contributed by atoms with Crippen LogP contribution in [0.5, 0.6) is 0 Å². The molecule has 2 aliphatic rings. The number of nitro groups is 1. The molecular formula is C15H17NO5. The number of non-ortho nitro benzene ring substituents is 1. The molecule has 6 nitrogen and oxygen atoms in total. The number of carbonyl (C=O) groups is 1. The van der Waals surface area contributed by atoms with Crippen molar-refractivity contribution in [3.8, 4) is 0 Å². The number of benzene rings is 1. The van der Waals surface area contributed by atoms with Gasteiger partial charge in [-0.05, 0) is 37.2 Å². The molecular weight excluding hydrogens is 274 g/mol. The Morgan fingerprint density at radius 2 is 2.05 bits per heavy atom. The molecule has 112 valence electrons. The minimum absolute atomic E-state index is 0.0181. The Hall–Kier alpha value is -1.95. The van der Waals surface area contributed by atoms with Gasteiger partial charge in [-0.25, -0.2) is 0 Å². The maximum Gasteiger partial charge on any atom is 0.312 e. The third kappa shape index (κ3) is 2.51. The fourth-order valence-electron chi connectivity index (χ4n) is 3.25. The van der Waals surface area contributed by atoms with E-state index in [1.165, 1.54) is 12.1 Å². The predicted octanol–water partition coefficient (Wildman–Crippen LogP) is 2.41. The lowest BCUT2D eigenvalue weighted by molar-refractivity contribution is -0.384. The van der Waals surface area contributed by atoms with Crippen molar-refractivity contribution in [1.29, 1.82) is 0 Å². The maximum atomic E-state index is 11.9. The van der Waals surface area contributed by atoms with Crippen LogP contribution in [0.3, 0.4) is 0 Å². The molecule has 1 N–H and O–H groups in total. The van der Waals surface area contributed by atoms with Crippen LogP contribution in [0.4, 0.5) is 5.69 Å². The molecule has 1 aliphatic heterocycles. The Kier molecular flexibility index (Phi) is 3.41. The fraction of sp³-hybridized carbons (Fsp3) is 0.533. The molecule has 0 bridgehead atoms. The van der Waals surface area contributed by atoms with Gasteiger partial charge in [0.2, 0.25) is 0 Å². The van der Waals surface area contributed by atoms with Crippen LogP contribution >= 0.6 is 0 Å². The van der Waals surface area contributed by atoms with E-state index in [9.17, 15) is 20.0 Å². The highest BCUT2D eigenvalue weighted by Crippen LogP contribution is 2.49. The highest BCUT2D eigenvalue weighted by atomic mass is 16.6. The van der Waals surface area contributed by atoms with Crippen molar-refractivity contribution in [3.05, 3.63) is 39.9 Å². The van der Waals surface area contributed by atoms with E-state index in [1.54, 1.807) is 12.1 Å². The third-order valence-corrected chi connectivity index (χ3v) is 4.53. The summed E-state index contributed by atoms with van der Waals surface area (Å²) in [6.45, 7) is 0.473. The first-order valence-corrected chi connectivity index (χ1v) is 7.11. The fourth-order valence-corrected chi connectivity index (χ4v) is 3.25. The van der Waals surface area contributed by atoms with Crippen LogP contribution in [0.15, 0.2) is 24.3 Å². The summed E-state index contributed by atoms with van der Waals surface area (Å²) in [6.07, 6.45) is 2.69. The van der Waals surface area contributed by atoms with Crippen molar-refractivity contribution in [2.24, 2.45) is 11.3 Å². The smallest absolute Gasteiger partial charge is 0.312 e. The Morgan fingerprint density at radius 1 is 1.38 bits per heavy atom. The third-order valence-electron chi connectivity index (χ3n) is 4.53. The molecule has 1 heterocycles. The molecule has 1 aromatic rings. The first-order chi connectivity index (χ1) is 10.0. The van der Waals surface area contributed by atoms with Crippen LogP contribution in [0.25, 0.3) is 0 Å². The molecule has 0 amide bonds. The van der Waals surface area contributed by atoms with E-state index in [2.05, 4.69) is 0 Å². The number of nitrogens with zero attached hydrogens (tertiary/aromatic N) is 1. The van der Waals surface area contributed by atoms with Crippen LogP contribution in [0.2, 0.25) is 0 Å². The minimum atomic E-state index is -0.892. The zero-order valence-electron chi connectivity index (χ0n) is 11.5. The molecule has 1 saturated carbocycles. The standard InChI is InChI=1S/C15H17NO5/c17-14(18)15(7-8-21-13(15)11-3-4-11)9-10-1-5-12(6-2-10)16(19)20/h1-2,5-6,11,13H,3-4,7-9H2,(H,17,18). The maximum absolute atomic E-state index is 11.9. The molecule has 1 aromatic carbocycles. The van der Waals surface area contributed by atoms with Gasteiger partial charge >= 0.3 is 5.97 Å². The summed E-state index contributed by atoms with van der Waals surface area (Å²) in [5.41, 5.74) is -0.0687. The molecule has 1 aliphatic carbocycles. The summed E-state index contributed by atoms with van der Waals surface area (Å²) >= 11 is 0. The SMILES string of the molecule is O=C(O)C1(Cc2ccc([N+](=O)[O-])cc2)CCOC1C1CC1. The summed E-state index contributed by atoms with van der Waals surface area (Å²) in [6, 6.07) is 6.13. The van der Waals surface area contributed by atoms with Gasteiger partial charge in [0.25, 0.3) is 5.69 Å². The molecule has 21 heavy (non-hydrogen) atoms. The van der Waals surface area contributed by atoms with Gasteiger partial charge in [-0.3, -0.25) is 14.9 Å². The lowest BCUT2D eigenvalue weighted by atomic mass is 9.74. The molecule has 2 unspecified atom stereocenters. The second-order valence-electron chi connectivity index (χ2n) is 5.94. The monoisotopic (exact) mass is 291 g/mol. The first-order valence-electron chi connectivity index (χ1n) is 7.11. The van der Waals surface area contributed by atoms with Gasteiger partial charge in [0, 0.05) is 18.7 Å². The summed E-state index contributed by atoms with van der Waals surface area (Å²) < 4.78 is 5.70. The molecule has 1 saturated heterocycles. The van der Waals surface area contributed by atoms with Crippen LogP contribution in [0, 0.1) is 21.4 Å². The van der Waals surface area contributed by atoms with Crippen molar-refractivity contribution < 1.29 is 19.6 Å². The van der Waals surface area contributed by atoms with Crippen molar-refractivity contribution in [1.82, 2.24) is 0 Å². The number of carboxylic acids is 1. The number of hydrogen-bond donors (Lipinski definition) is 1. The molecule has 2 fully saturated rings. The van der Waals surface area contributed by atoms with Gasteiger partial charge < -0.3 is 9.84 Å². The average molecular weight is 291 g/mol. The average Bonchev–Trinajstić information content (AvgIpc) is 3.20. The van der Waals surface area contributed by atoms with E-state index >= 15 is 0 Å². The number of rotatable bonds is 5. The summed E-state index contributed by atoms with van der Waals surface area (Å²) in [4.78, 5) is 22.1. The van der Waals surface area contributed by atoms with Gasteiger partial charge in [-0.2, -0.15) is 0 Å². The predicted molar refractivity (Wildman–Crippen MR) is 74.0 cm³/mol. The molecule has 0 radical (unpaired) electrons. The van der Waals surface area contributed by atoms with Crippen LogP contribution in [0.1, 0.15) is 24.8 Å². The quantitative estimate of drug-likeness (QED) is 0.664. The Balaban J connectivity index is 1.85. The molecule has 6 heteroatoms. The lowest BCUT2D eigenvalue weighted by Gasteiger charge is -2.30. The summed E-state index contributed by atoms with van der Waals surface area (Å²) in [5.74, 6) is -0.475. The number of hydrogen-bond acceptors (Lipinski definition) is 4. The van der Waals surface area contributed by atoms with Crippen molar-refractivity contribution in [2.45, 2.75) is 31.8 Å². The molecule has 2 atom stereocenters. The van der Waals surface area contributed by atoms with Crippen LogP contribution in [-0.4, -0.2) is 28.7 Å². The van der Waals surface area contributed by atoms with Gasteiger partial charge in [0.1, 0.15) is 5.41 Å². The van der Waals surface area contributed by atoms with E-state index in [1.807, 2.05) is 0 Å². The van der Waals surface area contributed by atoms with Crippen molar-refractivity contribution >= 4 is 11.7 Å². The first kappa shape index (κ1) is 14.0. The van der Waals surface area contributed by atoms with Crippen molar-refractivity contribution in [3.63, 3.8) is 0 Å². The summed E-state index contributed by atoms with van der Waals surface area (Å²) in [7, 11) is 0. The molecule has 0 spiro atoms. The second kappa shape index (κ2) is 5.11. The van der Waals surface area contributed by atoms with Crippen molar-refractivity contribution in [2.75, 3.05) is 6.61 Å². The topological polar surface area (TPSA) is 89.7 Å². The van der Waals surface area contributed by atoms with E-state index in [0.29, 0.717) is 25.4 Å². The van der Waals surface area contributed by atoms with E-state index in [4.69, 9.17) is 4.74 Å². The lowest BCUT2D eigenvalue weighted by Crippen LogP contribution is -2.42. The Bertz CT molecular complexity index is 566. The van der Waals surface area contributed by atoms with E-state index in [0.717, 1.165) is 18.4 Å².